The molecule has 0 fully saturated rings. The molecule has 0 amide bonds. The quantitative estimate of drug-likeness (QED) is 0.815. The fraction of sp³-hybridized carbons (Fsp3) is 0.118. The van der Waals surface area contributed by atoms with Gasteiger partial charge in [-0.2, -0.15) is 4.72 Å². The number of carboxylic acids is 1. The minimum atomic E-state index is -3.86. The smallest absolute Gasteiger partial charge is 0.322 e. The standard InChI is InChI=1S/C17H17NO4S/c19-17(20)16(13-15-9-5-2-6-10-15)18-23(21,22)12-11-14-7-3-1-4-8-14/h1-12,16,18H,13H2,(H,19,20)/t16-/m0/s1. The van der Waals surface area contributed by atoms with Crippen LogP contribution in [0.5, 0.6) is 0 Å². The first-order valence-electron chi connectivity index (χ1n) is 6.98. The number of benzene rings is 2. The molecule has 0 radical (unpaired) electrons. The predicted molar refractivity (Wildman–Crippen MR) is 89.1 cm³/mol. The zero-order valence-corrected chi connectivity index (χ0v) is 13.1. The van der Waals surface area contributed by atoms with Crippen molar-refractivity contribution < 1.29 is 18.3 Å². The zero-order chi connectivity index (χ0) is 16.7. The summed E-state index contributed by atoms with van der Waals surface area (Å²) in [7, 11) is -3.86. The van der Waals surface area contributed by atoms with Gasteiger partial charge in [-0.15, -0.1) is 0 Å². The van der Waals surface area contributed by atoms with Crippen LogP contribution in [0.1, 0.15) is 11.1 Å². The second-order valence-electron chi connectivity index (χ2n) is 4.96. The van der Waals surface area contributed by atoms with Crippen LogP contribution in [-0.2, 0) is 21.2 Å². The Morgan fingerprint density at radius 3 is 2.17 bits per heavy atom. The summed E-state index contributed by atoms with van der Waals surface area (Å²) in [6.45, 7) is 0. The molecule has 1 atom stereocenters. The number of aliphatic carboxylic acids is 1. The molecule has 0 aliphatic rings. The topological polar surface area (TPSA) is 83.5 Å². The van der Waals surface area contributed by atoms with Gasteiger partial charge >= 0.3 is 5.97 Å². The fourth-order valence-corrected chi connectivity index (χ4v) is 2.99. The highest BCUT2D eigenvalue weighted by Crippen LogP contribution is 2.07. The Labute approximate surface area is 135 Å². The molecule has 0 unspecified atom stereocenters. The molecule has 2 N–H and O–H groups in total. The Bertz CT molecular complexity index is 771. The average molecular weight is 331 g/mol. The van der Waals surface area contributed by atoms with Crippen LogP contribution in [0, 0.1) is 0 Å². The molecule has 2 aromatic carbocycles. The van der Waals surface area contributed by atoms with Crippen LogP contribution >= 0.6 is 0 Å². The summed E-state index contributed by atoms with van der Waals surface area (Å²) >= 11 is 0. The van der Waals surface area contributed by atoms with Gasteiger partial charge in [0.1, 0.15) is 6.04 Å². The molecule has 0 heterocycles. The Morgan fingerprint density at radius 1 is 1.04 bits per heavy atom. The summed E-state index contributed by atoms with van der Waals surface area (Å²) in [5, 5.41) is 10.2. The van der Waals surface area contributed by atoms with Crippen LogP contribution in [0.3, 0.4) is 0 Å². The summed E-state index contributed by atoms with van der Waals surface area (Å²) in [5.74, 6) is -1.22. The summed E-state index contributed by atoms with van der Waals surface area (Å²) in [5.41, 5.74) is 1.46. The van der Waals surface area contributed by atoms with Crippen LogP contribution in [-0.4, -0.2) is 25.5 Å². The molecule has 2 rings (SSSR count). The Kier molecular flexibility index (Phi) is 5.67. The number of hydrogen-bond acceptors (Lipinski definition) is 3. The van der Waals surface area contributed by atoms with E-state index < -0.39 is 22.0 Å². The van der Waals surface area contributed by atoms with Gasteiger partial charge in [-0.05, 0) is 23.6 Å². The molecule has 0 spiro atoms. The maximum Gasteiger partial charge on any atom is 0.322 e. The van der Waals surface area contributed by atoms with Crippen molar-refractivity contribution in [1.29, 1.82) is 0 Å². The number of hydrogen-bond donors (Lipinski definition) is 2. The largest absolute Gasteiger partial charge is 0.480 e. The van der Waals surface area contributed by atoms with Gasteiger partial charge in [0, 0.05) is 5.41 Å². The third-order valence-electron chi connectivity index (χ3n) is 3.13. The van der Waals surface area contributed by atoms with Crippen molar-refractivity contribution in [2.75, 3.05) is 0 Å². The lowest BCUT2D eigenvalue weighted by molar-refractivity contribution is -0.138. The molecule has 0 bridgehead atoms. The van der Waals surface area contributed by atoms with Gasteiger partial charge < -0.3 is 5.11 Å². The zero-order valence-electron chi connectivity index (χ0n) is 12.3. The molecular formula is C17H17NO4S. The lowest BCUT2D eigenvalue weighted by Gasteiger charge is -2.13. The van der Waals surface area contributed by atoms with Crippen molar-refractivity contribution in [3.63, 3.8) is 0 Å². The maximum absolute atomic E-state index is 12.0. The molecule has 6 heteroatoms. The van der Waals surface area contributed by atoms with Crippen LogP contribution in [0.4, 0.5) is 0 Å². The second-order valence-corrected chi connectivity index (χ2v) is 6.55. The van der Waals surface area contributed by atoms with E-state index in [2.05, 4.69) is 4.72 Å². The lowest BCUT2D eigenvalue weighted by Crippen LogP contribution is -2.41. The fourth-order valence-electron chi connectivity index (χ4n) is 2.00. The Morgan fingerprint density at radius 2 is 1.61 bits per heavy atom. The van der Waals surface area contributed by atoms with Crippen LogP contribution in [0.25, 0.3) is 6.08 Å². The molecule has 0 saturated heterocycles. The third-order valence-corrected chi connectivity index (χ3v) is 4.23. The monoisotopic (exact) mass is 331 g/mol. The predicted octanol–water partition coefficient (Wildman–Crippen LogP) is 2.27. The highest BCUT2D eigenvalue weighted by Gasteiger charge is 2.22. The van der Waals surface area contributed by atoms with E-state index in [1.807, 2.05) is 12.1 Å². The van der Waals surface area contributed by atoms with E-state index in [0.717, 1.165) is 11.0 Å². The van der Waals surface area contributed by atoms with Gasteiger partial charge in [0.25, 0.3) is 0 Å². The van der Waals surface area contributed by atoms with Gasteiger partial charge in [-0.25, -0.2) is 8.42 Å². The van der Waals surface area contributed by atoms with Crippen molar-refractivity contribution in [3.8, 4) is 0 Å². The molecule has 0 aliphatic heterocycles. The van der Waals surface area contributed by atoms with Crippen molar-refractivity contribution in [3.05, 3.63) is 77.2 Å². The highest BCUT2D eigenvalue weighted by molar-refractivity contribution is 7.92. The van der Waals surface area contributed by atoms with Crippen molar-refractivity contribution in [2.24, 2.45) is 0 Å². The SMILES string of the molecule is O=C(O)[C@H](Cc1ccccc1)NS(=O)(=O)C=Cc1ccccc1. The summed E-state index contributed by atoms with van der Waals surface area (Å²) in [6.07, 6.45) is 1.50. The highest BCUT2D eigenvalue weighted by atomic mass is 32.2. The van der Waals surface area contributed by atoms with E-state index >= 15 is 0 Å². The van der Waals surface area contributed by atoms with Gasteiger partial charge in [-0.3, -0.25) is 4.79 Å². The number of rotatable bonds is 7. The number of nitrogens with one attached hydrogen (secondary N) is 1. The van der Waals surface area contributed by atoms with E-state index in [9.17, 15) is 18.3 Å². The summed E-state index contributed by atoms with van der Waals surface area (Å²) < 4.78 is 26.3. The van der Waals surface area contributed by atoms with Gasteiger partial charge in [0.05, 0.1) is 0 Å². The normalized spacial score (nSPS) is 13.0. The number of carboxylic acid groups (broad SMARTS) is 1. The van der Waals surface area contributed by atoms with E-state index in [-0.39, 0.29) is 6.42 Å². The van der Waals surface area contributed by atoms with Crippen LogP contribution < -0.4 is 4.72 Å². The minimum absolute atomic E-state index is 0.0780. The molecule has 23 heavy (non-hydrogen) atoms. The van der Waals surface area contributed by atoms with Crippen LogP contribution in [0.15, 0.2) is 66.1 Å². The first-order valence-corrected chi connectivity index (χ1v) is 8.53. The van der Waals surface area contributed by atoms with E-state index in [4.69, 9.17) is 0 Å². The second kappa shape index (κ2) is 7.71. The Hall–Kier alpha value is -2.44. The van der Waals surface area contributed by atoms with Crippen molar-refractivity contribution >= 4 is 22.1 Å². The van der Waals surface area contributed by atoms with E-state index in [1.165, 1.54) is 6.08 Å². The molecule has 0 saturated carbocycles. The molecule has 5 nitrogen and oxygen atoms in total. The lowest BCUT2D eigenvalue weighted by atomic mass is 10.1. The average Bonchev–Trinajstić information content (AvgIpc) is 2.54. The first-order chi connectivity index (χ1) is 11.0. The van der Waals surface area contributed by atoms with E-state index in [0.29, 0.717) is 5.56 Å². The molecule has 0 aliphatic carbocycles. The minimum Gasteiger partial charge on any atom is -0.480 e. The van der Waals surface area contributed by atoms with Gasteiger partial charge in [0.15, 0.2) is 0 Å². The first kappa shape index (κ1) is 16.9. The maximum atomic E-state index is 12.0. The van der Waals surface area contributed by atoms with Gasteiger partial charge in [0.2, 0.25) is 10.0 Å². The van der Waals surface area contributed by atoms with Crippen molar-refractivity contribution in [2.45, 2.75) is 12.5 Å². The molecule has 2 aromatic rings. The molecular weight excluding hydrogens is 314 g/mol. The summed E-state index contributed by atoms with van der Waals surface area (Å²) in [4.78, 5) is 11.3. The number of sulfonamides is 1. The number of carbonyl (C=O) groups is 1. The summed E-state index contributed by atoms with van der Waals surface area (Å²) in [6, 6.07) is 16.6. The third kappa shape index (κ3) is 5.69. The van der Waals surface area contributed by atoms with Gasteiger partial charge in [-0.1, -0.05) is 60.7 Å². The Balaban J connectivity index is 2.09. The van der Waals surface area contributed by atoms with E-state index in [1.54, 1.807) is 48.5 Å². The van der Waals surface area contributed by atoms with Crippen LogP contribution in [0.2, 0.25) is 0 Å². The molecule has 120 valence electrons. The molecule has 0 aromatic heterocycles. The van der Waals surface area contributed by atoms with Crippen molar-refractivity contribution in [1.82, 2.24) is 4.72 Å².